The highest BCUT2D eigenvalue weighted by Crippen LogP contribution is 2.36. The first-order chi connectivity index (χ1) is 14.5. The Hall–Kier alpha value is -3.18. The van der Waals surface area contributed by atoms with Crippen LogP contribution < -0.4 is 10.6 Å². The maximum atomic E-state index is 13.2. The first-order valence-corrected chi connectivity index (χ1v) is 10.3. The number of benzene rings is 2. The summed E-state index contributed by atoms with van der Waals surface area (Å²) in [5.74, 6) is -0.684. The number of aromatic nitrogens is 4. The highest BCUT2D eigenvalue weighted by Gasteiger charge is 2.17. The summed E-state index contributed by atoms with van der Waals surface area (Å²) in [7, 11) is 0. The zero-order valence-corrected chi connectivity index (χ0v) is 17.1. The van der Waals surface area contributed by atoms with E-state index in [1.54, 1.807) is 42.5 Å². The quantitative estimate of drug-likeness (QED) is 0.391. The number of para-hydroxylation sites is 1. The molecule has 2 aromatic heterocycles. The third-order valence-electron chi connectivity index (χ3n) is 3.81. The van der Waals surface area contributed by atoms with Crippen molar-refractivity contribution in [3.8, 4) is 0 Å². The fourth-order valence-corrected chi connectivity index (χ4v) is 4.43. The summed E-state index contributed by atoms with van der Waals surface area (Å²) in [6.45, 7) is 1.44. The molecule has 0 aliphatic rings. The van der Waals surface area contributed by atoms with Gasteiger partial charge in [-0.15, -0.1) is 10.2 Å². The normalized spacial score (nSPS) is 11.1. The van der Waals surface area contributed by atoms with Crippen molar-refractivity contribution < 1.29 is 13.6 Å². The van der Waals surface area contributed by atoms with E-state index in [-0.39, 0.29) is 5.91 Å². The third-order valence-corrected chi connectivity index (χ3v) is 5.70. The van der Waals surface area contributed by atoms with Crippen LogP contribution in [0.4, 0.5) is 25.3 Å². The van der Waals surface area contributed by atoms with Crippen LogP contribution in [0.2, 0.25) is 0 Å². The van der Waals surface area contributed by atoms with Gasteiger partial charge < -0.3 is 10.6 Å². The number of amides is 1. The Kier molecular flexibility index (Phi) is 5.81. The molecule has 152 valence electrons. The zero-order valence-electron chi connectivity index (χ0n) is 15.5. The number of anilines is 3. The lowest BCUT2D eigenvalue weighted by molar-refractivity contribution is -0.114. The van der Waals surface area contributed by atoms with E-state index < -0.39 is 12.2 Å². The second-order valence-corrected chi connectivity index (χ2v) is 8.28. The first kappa shape index (κ1) is 20.1. The summed E-state index contributed by atoms with van der Waals surface area (Å²) < 4.78 is 26.9. The van der Waals surface area contributed by atoms with Gasteiger partial charge in [0.2, 0.25) is 11.0 Å². The van der Waals surface area contributed by atoms with Crippen LogP contribution >= 0.6 is 23.1 Å². The van der Waals surface area contributed by atoms with Gasteiger partial charge in [0, 0.05) is 23.7 Å². The van der Waals surface area contributed by atoms with Crippen molar-refractivity contribution in [3.63, 3.8) is 0 Å². The van der Waals surface area contributed by atoms with E-state index in [1.807, 2.05) is 6.07 Å². The number of fused-ring (bicyclic) bond motifs is 1. The predicted molar refractivity (Wildman–Crippen MR) is 113 cm³/mol. The van der Waals surface area contributed by atoms with Gasteiger partial charge in [-0.05, 0) is 36.0 Å². The molecule has 4 aromatic rings. The Labute approximate surface area is 178 Å². The molecule has 0 aliphatic heterocycles. The van der Waals surface area contributed by atoms with Crippen molar-refractivity contribution in [2.75, 3.05) is 10.6 Å². The molecular formula is C19H14F2N6OS2. The highest BCUT2D eigenvalue weighted by molar-refractivity contribution is 8.01. The molecule has 2 heterocycles. The summed E-state index contributed by atoms with van der Waals surface area (Å²) in [5, 5.41) is 15.6. The number of rotatable bonds is 6. The van der Waals surface area contributed by atoms with Gasteiger partial charge in [0.05, 0.1) is 5.52 Å². The molecule has 0 saturated heterocycles. The van der Waals surface area contributed by atoms with Crippen molar-refractivity contribution in [2.45, 2.75) is 22.7 Å². The number of nitrogens with one attached hydrogen (secondary N) is 2. The molecule has 4 rings (SSSR count). The number of nitrogens with zero attached hydrogens (tertiary/aromatic N) is 4. The number of alkyl halides is 2. The lowest BCUT2D eigenvalue weighted by atomic mass is 10.2. The Balaban J connectivity index is 1.56. The Bertz CT molecular complexity index is 1220. The fraction of sp³-hybridized carbons (Fsp3) is 0.105. The van der Waals surface area contributed by atoms with Gasteiger partial charge in [-0.2, -0.15) is 0 Å². The third kappa shape index (κ3) is 4.69. The maximum Gasteiger partial charge on any atom is 0.297 e. The predicted octanol–water partition coefficient (Wildman–Crippen LogP) is 5.27. The summed E-state index contributed by atoms with van der Waals surface area (Å²) in [5.41, 5.74) is 1.82. The SMILES string of the molecule is CC(=O)Nc1cccc(Nc2nnc(Sc3nc(C(F)F)nc4ccccc34)s2)c1. The minimum Gasteiger partial charge on any atom is -0.330 e. The molecule has 2 aromatic carbocycles. The molecule has 0 unspecified atom stereocenters. The van der Waals surface area contributed by atoms with E-state index in [0.29, 0.717) is 31.1 Å². The van der Waals surface area contributed by atoms with Crippen molar-refractivity contribution in [1.82, 2.24) is 20.2 Å². The molecule has 0 radical (unpaired) electrons. The molecule has 0 spiro atoms. The topological polar surface area (TPSA) is 92.7 Å². The summed E-state index contributed by atoms with van der Waals surface area (Å²) in [6, 6.07) is 14.1. The first-order valence-electron chi connectivity index (χ1n) is 8.69. The standard InChI is InChI=1S/C19H14F2N6OS2/c1-10(28)22-11-5-4-6-12(9-11)23-18-26-27-19(30-18)29-17-13-7-2-3-8-14(13)24-16(25-17)15(20)21/h2-9,15H,1H3,(H,22,28)(H,23,26). The van der Waals surface area contributed by atoms with Gasteiger partial charge in [-0.25, -0.2) is 18.7 Å². The molecule has 0 fully saturated rings. The average Bonchev–Trinajstić information content (AvgIpc) is 3.14. The van der Waals surface area contributed by atoms with E-state index in [0.717, 1.165) is 17.4 Å². The lowest BCUT2D eigenvalue weighted by Crippen LogP contribution is -2.05. The van der Waals surface area contributed by atoms with Crippen LogP contribution in [-0.2, 0) is 4.79 Å². The summed E-state index contributed by atoms with van der Waals surface area (Å²) >= 11 is 2.41. The Morgan fingerprint density at radius 2 is 1.87 bits per heavy atom. The second-order valence-electron chi connectivity index (χ2n) is 6.07. The molecular weight excluding hydrogens is 430 g/mol. The average molecular weight is 444 g/mol. The second kappa shape index (κ2) is 8.67. The zero-order chi connectivity index (χ0) is 21.1. The van der Waals surface area contributed by atoms with Crippen LogP contribution in [0, 0.1) is 0 Å². The van der Waals surface area contributed by atoms with E-state index in [1.165, 1.54) is 18.3 Å². The lowest BCUT2D eigenvalue weighted by Gasteiger charge is -2.06. The molecule has 11 heteroatoms. The number of halogens is 2. The van der Waals surface area contributed by atoms with Crippen molar-refractivity contribution in [1.29, 1.82) is 0 Å². The van der Waals surface area contributed by atoms with Crippen LogP contribution in [0.5, 0.6) is 0 Å². The number of carbonyl (C=O) groups excluding carboxylic acids is 1. The van der Waals surface area contributed by atoms with Gasteiger partial charge >= 0.3 is 0 Å². The summed E-state index contributed by atoms with van der Waals surface area (Å²) in [6.07, 6.45) is -2.77. The van der Waals surface area contributed by atoms with E-state index in [4.69, 9.17) is 0 Å². The minimum absolute atomic E-state index is 0.165. The van der Waals surface area contributed by atoms with Crippen LogP contribution in [0.25, 0.3) is 10.9 Å². The minimum atomic E-state index is -2.77. The highest BCUT2D eigenvalue weighted by atomic mass is 32.2. The van der Waals surface area contributed by atoms with E-state index >= 15 is 0 Å². The smallest absolute Gasteiger partial charge is 0.297 e. The maximum absolute atomic E-state index is 13.2. The van der Waals surface area contributed by atoms with Crippen molar-refractivity contribution in [3.05, 3.63) is 54.4 Å². The Morgan fingerprint density at radius 3 is 2.67 bits per heavy atom. The van der Waals surface area contributed by atoms with Crippen LogP contribution in [0.15, 0.2) is 57.9 Å². The molecule has 0 atom stereocenters. The molecule has 2 N–H and O–H groups in total. The monoisotopic (exact) mass is 444 g/mol. The van der Waals surface area contributed by atoms with Crippen LogP contribution in [0.3, 0.4) is 0 Å². The molecule has 0 aliphatic carbocycles. The van der Waals surface area contributed by atoms with Crippen LogP contribution in [-0.4, -0.2) is 26.1 Å². The Morgan fingerprint density at radius 1 is 1.07 bits per heavy atom. The van der Waals surface area contributed by atoms with Crippen LogP contribution in [0.1, 0.15) is 19.2 Å². The number of hydrogen-bond donors (Lipinski definition) is 2. The number of carbonyl (C=O) groups is 1. The van der Waals surface area contributed by atoms with Gasteiger partial charge in [0.15, 0.2) is 10.2 Å². The fourth-order valence-electron chi connectivity index (χ4n) is 2.63. The van der Waals surface area contributed by atoms with Gasteiger partial charge in [-0.1, -0.05) is 35.6 Å². The molecule has 30 heavy (non-hydrogen) atoms. The van der Waals surface area contributed by atoms with E-state index in [9.17, 15) is 13.6 Å². The van der Waals surface area contributed by atoms with Gasteiger partial charge in [0.1, 0.15) is 5.03 Å². The number of hydrogen-bond acceptors (Lipinski definition) is 8. The van der Waals surface area contributed by atoms with Crippen molar-refractivity contribution >= 4 is 56.4 Å². The van der Waals surface area contributed by atoms with E-state index in [2.05, 4.69) is 30.8 Å². The van der Waals surface area contributed by atoms with Crippen molar-refractivity contribution in [2.24, 2.45) is 0 Å². The molecule has 0 saturated carbocycles. The molecule has 1 amide bonds. The molecule has 7 nitrogen and oxygen atoms in total. The van der Waals surface area contributed by atoms with Gasteiger partial charge in [-0.3, -0.25) is 4.79 Å². The summed E-state index contributed by atoms with van der Waals surface area (Å²) in [4.78, 5) is 19.1. The van der Waals surface area contributed by atoms with Gasteiger partial charge in [0.25, 0.3) is 6.43 Å². The largest absolute Gasteiger partial charge is 0.330 e. The molecule has 0 bridgehead atoms.